The number of carbonyl (C=O) groups excluding carboxylic acids is 1. The van der Waals surface area contributed by atoms with E-state index in [2.05, 4.69) is 51.6 Å². The molecule has 1 N–H and O–H groups in total. The summed E-state index contributed by atoms with van der Waals surface area (Å²) >= 11 is 0. The molecule has 0 bridgehead atoms. The van der Waals surface area contributed by atoms with Gasteiger partial charge in [0.25, 0.3) is 0 Å². The maximum atomic E-state index is 13.4. The van der Waals surface area contributed by atoms with Crippen LogP contribution in [-0.4, -0.2) is 61.7 Å². The number of amides is 1. The molecular formula is C29H30N4O3. The minimum atomic E-state index is -0.135. The molecule has 0 unspecified atom stereocenters. The van der Waals surface area contributed by atoms with E-state index in [1.165, 1.54) is 16.3 Å². The zero-order valence-corrected chi connectivity index (χ0v) is 20.4. The Balaban J connectivity index is 1.09. The zero-order valence-electron chi connectivity index (χ0n) is 20.4. The first-order valence-electron chi connectivity index (χ1n) is 12.5. The van der Waals surface area contributed by atoms with Crippen molar-refractivity contribution in [1.29, 1.82) is 0 Å². The summed E-state index contributed by atoms with van der Waals surface area (Å²) in [6, 6.07) is 18.6. The van der Waals surface area contributed by atoms with Crippen LogP contribution in [0.1, 0.15) is 17.9 Å². The molecular weight excluding hydrogens is 452 g/mol. The molecule has 2 fully saturated rings. The number of fused-ring (bicyclic) bond motifs is 1. The van der Waals surface area contributed by atoms with Crippen LogP contribution in [0.25, 0.3) is 21.9 Å². The number of methoxy groups -OCH3 is 1. The molecule has 2 saturated heterocycles. The van der Waals surface area contributed by atoms with Crippen molar-refractivity contribution in [3.63, 3.8) is 0 Å². The lowest BCUT2D eigenvalue weighted by atomic mass is 9.93. The van der Waals surface area contributed by atoms with Gasteiger partial charge in [-0.25, -0.2) is 4.98 Å². The van der Waals surface area contributed by atoms with Gasteiger partial charge in [0.1, 0.15) is 11.6 Å². The van der Waals surface area contributed by atoms with Gasteiger partial charge >= 0.3 is 0 Å². The van der Waals surface area contributed by atoms with Crippen LogP contribution in [0.4, 0.5) is 5.82 Å². The average Bonchev–Trinajstić information content (AvgIpc) is 3.65. The average molecular weight is 483 g/mol. The summed E-state index contributed by atoms with van der Waals surface area (Å²) in [6.45, 7) is 3.73. The zero-order chi connectivity index (χ0) is 24.5. The Morgan fingerprint density at radius 3 is 2.69 bits per heavy atom. The fourth-order valence-electron chi connectivity index (χ4n) is 5.45. The Morgan fingerprint density at radius 1 is 1.06 bits per heavy atom. The second-order valence-corrected chi connectivity index (χ2v) is 9.56. The van der Waals surface area contributed by atoms with E-state index >= 15 is 0 Å². The fourth-order valence-corrected chi connectivity index (χ4v) is 5.45. The highest BCUT2D eigenvalue weighted by atomic mass is 16.5. The van der Waals surface area contributed by atoms with E-state index in [0.717, 1.165) is 48.7 Å². The number of anilines is 1. The van der Waals surface area contributed by atoms with Gasteiger partial charge in [-0.3, -0.25) is 4.79 Å². The molecule has 2 aliphatic heterocycles. The lowest BCUT2D eigenvalue weighted by Gasteiger charge is -2.37. The molecule has 2 aromatic carbocycles. The lowest BCUT2D eigenvalue weighted by molar-refractivity contribution is -0.133. The molecule has 184 valence electrons. The van der Waals surface area contributed by atoms with E-state index in [9.17, 15) is 4.79 Å². The molecule has 36 heavy (non-hydrogen) atoms. The minimum Gasteiger partial charge on any atom is -0.497 e. The molecule has 2 aliphatic rings. The van der Waals surface area contributed by atoms with Crippen LogP contribution in [0, 0.1) is 0 Å². The number of rotatable bonds is 5. The maximum Gasteiger partial charge on any atom is 0.239 e. The summed E-state index contributed by atoms with van der Waals surface area (Å²) in [5.74, 6) is 2.35. The standard InChI is InChI=1S/C29H30N4O3/c1-35-25-7-6-20-15-21(4-5-22(20)16-25)24-17-27(31-18-24)29(34)33-12-10-32(11-13-33)28-26(3-2-9-30-28)23-8-14-36-19-23/h2-9,14-16,19,24,27,31H,10-13,17-18H2,1H3/t24-,27-/m1/s1. The lowest BCUT2D eigenvalue weighted by Crippen LogP contribution is -2.53. The topological polar surface area (TPSA) is 70.8 Å². The van der Waals surface area contributed by atoms with Crippen molar-refractivity contribution in [3.05, 3.63) is 78.9 Å². The third-order valence-electron chi connectivity index (χ3n) is 7.48. The number of piperazine rings is 1. The molecule has 0 aliphatic carbocycles. The van der Waals surface area contributed by atoms with Crippen molar-refractivity contribution in [1.82, 2.24) is 15.2 Å². The summed E-state index contributed by atoms with van der Waals surface area (Å²) in [5, 5.41) is 5.85. The first-order valence-corrected chi connectivity index (χ1v) is 12.5. The minimum absolute atomic E-state index is 0.135. The number of pyridine rings is 1. The molecule has 0 radical (unpaired) electrons. The third kappa shape index (κ3) is 4.31. The summed E-state index contributed by atoms with van der Waals surface area (Å²) < 4.78 is 10.6. The predicted molar refractivity (Wildman–Crippen MR) is 140 cm³/mol. The SMILES string of the molecule is COc1ccc2cc([C@H]3CN[C@@H](C(=O)N4CCN(c5ncccc5-c5ccoc5)CC4)C3)ccc2c1. The van der Waals surface area contributed by atoms with Gasteiger partial charge in [0.2, 0.25) is 5.91 Å². The van der Waals surface area contributed by atoms with Crippen LogP contribution < -0.4 is 15.0 Å². The summed E-state index contributed by atoms with van der Waals surface area (Å²) in [6.07, 6.45) is 6.07. The van der Waals surface area contributed by atoms with Gasteiger partial charge in [-0.1, -0.05) is 24.3 Å². The molecule has 4 heterocycles. The first kappa shape index (κ1) is 22.6. The molecule has 2 aromatic heterocycles. The van der Waals surface area contributed by atoms with Crippen LogP contribution in [0.15, 0.2) is 77.7 Å². The highest BCUT2D eigenvalue weighted by Gasteiger charge is 2.34. The monoisotopic (exact) mass is 482 g/mol. The number of furan rings is 1. The predicted octanol–water partition coefficient (Wildman–Crippen LogP) is 4.30. The van der Waals surface area contributed by atoms with Gasteiger partial charge in [-0.05, 0) is 59.0 Å². The van der Waals surface area contributed by atoms with Crippen LogP contribution in [0.5, 0.6) is 5.75 Å². The Hall–Kier alpha value is -3.84. The van der Waals surface area contributed by atoms with Crippen molar-refractivity contribution in [3.8, 4) is 16.9 Å². The normalized spacial score (nSPS) is 20.1. The van der Waals surface area contributed by atoms with Gasteiger partial charge in [-0.2, -0.15) is 0 Å². The van der Waals surface area contributed by atoms with Gasteiger partial charge < -0.3 is 24.3 Å². The smallest absolute Gasteiger partial charge is 0.239 e. The maximum absolute atomic E-state index is 13.4. The number of ether oxygens (including phenoxy) is 1. The number of aromatic nitrogens is 1. The molecule has 0 saturated carbocycles. The van der Waals surface area contributed by atoms with E-state index in [1.54, 1.807) is 19.6 Å². The van der Waals surface area contributed by atoms with Gasteiger partial charge in [0.05, 0.1) is 25.7 Å². The number of carbonyl (C=O) groups is 1. The van der Waals surface area contributed by atoms with Crippen molar-refractivity contribution in [2.24, 2.45) is 0 Å². The number of nitrogens with zero attached hydrogens (tertiary/aromatic N) is 3. The van der Waals surface area contributed by atoms with Crippen molar-refractivity contribution in [2.45, 2.75) is 18.4 Å². The van der Waals surface area contributed by atoms with Gasteiger partial charge in [0, 0.05) is 50.0 Å². The third-order valence-corrected chi connectivity index (χ3v) is 7.48. The molecule has 6 rings (SSSR count). The van der Waals surface area contributed by atoms with Gasteiger partial charge in [0.15, 0.2) is 0 Å². The van der Waals surface area contributed by atoms with E-state index in [1.807, 2.05) is 29.3 Å². The van der Waals surface area contributed by atoms with Crippen molar-refractivity contribution >= 4 is 22.5 Å². The fraction of sp³-hybridized carbons (Fsp3) is 0.310. The highest BCUT2D eigenvalue weighted by molar-refractivity contribution is 5.85. The Labute approximate surface area is 210 Å². The molecule has 7 nitrogen and oxygen atoms in total. The number of hydrogen-bond acceptors (Lipinski definition) is 6. The quantitative estimate of drug-likeness (QED) is 0.458. The highest BCUT2D eigenvalue weighted by Crippen LogP contribution is 2.32. The van der Waals surface area contributed by atoms with Crippen LogP contribution in [0.2, 0.25) is 0 Å². The second-order valence-electron chi connectivity index (χ2n) is 9.56. The van der Waals surface area contributed by atoms with Crippen LogP contribution in [-0.2, 0) is 4.79 Å². The van der Waals surface area contributed by atoms with Crippen molar-refractivity contribution < 1.29 is 13.9 Å². The molecule has 4 aromatic rings. The number of benzene rings is 2. The molecule has 1 amide bonds. The van der Waals surface area contributed by atoms with Gasteiger partial charge in [-0.15, -0.1) is 0 Å². The van der Waals surface area contributed by atoms with Crippen molar-refractivity contribution in [2.75, 3.05) is 44.7 Å². The van der Waals surface area contributed by atoms with Crippen LogP contribution in [0.3, 0.4) is 0 Å². The van der Waals surface area contributed by atoms with E-state index in [4.69, 9.17) is 9.15 Å². The first-order chi connectivity index (χ1) is 17.7. The Morgan fingerprint density at radius 2 is 1.89 bits per heavy atom. The number of nitrogens with one attached hydrogen (secondary N) is 1. The summed E-state index contributed by atoms with van der Waals surface area (Å²) in [7, 11) is 1.69. The molecule has 0 spiro atoms. The van der Waals surface area contributed by atoms with Crippen LogP contribution >= 0.6 is 0 Å². The molecule has 7 heteroatoms. The Bertz CT molecular complexity index is 1360. The largest absolute Gasteiger partial charge is 0.497 e. The van der Waals surface area contributed by atoms with E-state index in [-0.39, 0.29) is 11.9 Å². The van der Waals surface area contributed by atoms with E-state index in [0.29, 0.717) is 19.0 Å². The summed E-state index contributed by atoms with van der Waals surface area (Å²) in [4.78, 5) is 22.3. The Kier molecular flexibility index (Phi) is 6.07. The molecule has 2 atom stereocenters. The summed E-state index contributed by atoms with van der Waals surface area (Å²) in [5.41, 5.74) is 3.35. The van der Waals surface area contributed by atoms with E-state index < -0.39 is 0 Å². The second kappa shape index (κ2) is 9.66. The number of hydrogen-bond donors (Lipinski definition) is 1.